The fourth-order valence-corrected chi connectivity index (χ4v) is 4.76. The zero-order valence-corrected chi connectivity index (χ0v) is 20.1. The van der Waals surface area contributed by atoms with Crippen molar-refractivity contribution in [3.05, 3.63) is 105 Å². The second-order valence-corrected chi connectivity index (χ2v) is 8.91. The van der Waals surface area contributed by atoms with Crippen molar-refractivity contribution in [2.24, 2.45) is 0 Å². The van der Waals surface area contributed by atoms with Crippen LogP contribution in [0.4, 0.5) is 0 Å². The summed E-state index contributed by atoms with van der Waals surface area (Å²) in [6.07, 6.45) is 0.622. The van der Waals surface area contributed by atoms with Crippen LogP contribution in [-0.4, -0.2) is 37.6 Å². The monoisotopic (exact) mass is 499 g/mol. The fraction of sp³-hybridized carbons (Fsp3) is 0.154. The quantitative estimate of drug-likeness (QED) is 0.191. The Morgan fingerprint density at radius 2 is 1.67 bits per heavy atom. The molecule has 9 nitrogen and oxygen atoms in total. The highest BCUT2D eigenvalue weighted by Crippen LogP contribution is 2.21. The lowest BCUT2D eigenvalue weighted by atomic mass is 10.1. The van der Waals surface area contributed by atoms with Gasteiger partial charge in [-0.1, -0.05) is 59.4 Å². The highest BCUT2D eigenvalue weighted by Gasteiger charge is 2.16. The maximum absolute atomic E-state index is 13.5. The molecule has 0 amide bonds. The van der Waals surface area contributed by atoms with Crippen molar-refractivity contribution in [1.82, 2.24) is 24.5 Å². The minimum atomic E-state index is -0.515. The van der Waals surface area contributed by atoms with Crippen LogP contribution in [0.5, 0.6) is 0 Å². The molecule has 0 radical (unpaired) electrons. The van der Waals surface area contributed by atoms with Gasteiger partial charge in [0, 0.05) is 6.54 Å². The Bertz CT molecular complexity index is 1700. The van der Waals surface area contributed by atoms with Crippen LogP contribution in [0.2, 0.25) is 0 Å². The molecule has 0 saturated heterocycles. The number of hydrogen-bond donors (Lipinski definition) is 0. The van der Waals surface area contributed by atoms with E-state index in [9.17, 15) is 14.4 Å². The Morgan fingerprint density at radius 1 is 0.917 bits per heavy atom. The van der Waals surface area contributed by atoms with E-state index in [2.05, 4.69) is 15.3 Å². The van der Waals surface area contributed by atoms with E-state index in [4.69, 9.17) is 4.74 Å². The number of carbonyl (C=O) groups excluding carboxylic acids is 1. The standard InChI is InChI=1S/C26H21N5O4S/c1-35-25(34)18-11-12-20-22(15-18)27-26(30(23(20)32)14-13-17-7-3-2-4-8-17)36-16-31-24(33)19-9-5-6-10-21(19)28-29-31/h2-12,15H,13-14,16H2,1H3. The van der Waals surface area contributed by atoms with E-state index in [-0.39, 0.29) is 17.0 Å². The summed E-state index contributed by atoms with van der Waals surface area (Å²) in [6, 6.07) is 21.5. The molecule has 5 rings (SSSR count). The van der Waals surface area contributed by atoms with E-state index in [1.54, 1.807) is 41.0 Å². The van der Waals surface area contributed by atoms with E-state index < -0.39 is 5.97 Å². The van der Waals surface area contributed by atoms with Crippen molar-refractivity contribution in [2.75, 3.05) is 7.11 Å². The maximum atomic E-state index is 13.5. The van der Waals surface area contributed by atoms with Crippen LogP contribution in [0.1, 0.15) is 15.9 Å². The molecule has 10 heteroatoms. The summed E-state index contributed by atoms with van der Waals surface area (Å²) in [4.78, 5) is 43.1. The van der Waals surface area contributed by atoms with Gasteiger partial charge < -0.3 is 4.74 Å². The van der Waals surface area contributed by atoms with Gasteiger partial charge in [-0.25, -0.2) is 9.78 Å². The van der Waals surface area contributed by atoms with Gasteiger partial charge in [0.2, 0.25) is 0 Å². The minimum absolute atomic E-state index is 0.108. The third-order valence-corrected chi connectivity index (χ3v) is 6.70. The van der Waals surface area contributed by atoms with Crippen molar-refractivity contribution in [3.8, 4) is 0 Å². The molecular weight excluding hydrogens is 478 g/mol. The summed E-state index contributed by atoms with van der Waals surface area (Å²) in [7, 11) is 1.30. The third-order valence-electron chi connectivity index (χ3n) is 5.75. The van der Waals surface area contributed by atoms with E-state index in [0.717, 1.165) is 5.56 Å². The number of hydrogen-bond acceptors (Lipinski definition) is 8. The lowest BCUT2D eigenvalue weighted by Gasteiger charge is -2.14. The third kappa shape index (κ3) is 4.63. The average Bonchev–Trinajstić information content (AvgIpc) is 2.92. The molecule has 2 heterocycles. The Kier molecular flexibility index (Phi) is 6.59. The summed E-state index contributed by atoms with van der Waals surface area (Å²) >= 11 is 1.20. The SMILES string of the molecule is COC(=O)c1ccc2c(=O)n(CCc3ccccc3)c(SCn3nnc4ccccc4c3=O)nc2c1. The van der Waals surface area contributed by atoms with Gasteiger partial charge in [0.25, 0.3) is 11.1 Å². The lowest BCUT2D eigenvalue weighted by Crippen LogP contribution is -2.26. The first-order valence-corrected chi connectivity index (χ1v) is 12.2. The number of nitrogens with zero attached hydrogens (tertiary/aromatic N) is 5. The Hall–Kier alpha value is -4.31. The molecule has 0 bridgehead atoms. The second-order valence-electron chi connectivity index (χ2n) is 7.99. The molecule has 36 heavy (non-hydrogen) atoms. The molecule has 0 unspecified atom stereocenters. The summed E-state index contributed by atoms with van der Waals surface area (Å²) in [5, 5.41) is 9.42. The number of esters is 1. The Balaban J connectivity index is 1.54. The number of thioether (sulfide) groups is 1. The number of rotatable bonds is 7. The summed E-state index contributed by atoms with van der Waals surface area (Å²) in [6.45, 7) is 0.394. The van der Waals surface area contributed by atoms with Gasteiger partial charge >= 0.3 is 5.97 Å². The van der Waals surface area contributed by atoms with Gasteiger partial charge in [-0.2, -0.15) is 4.68 Å². The van der Waals surface area contributed by atoms with Gasteiger partial charge in [-0.05, 0) is 42.3 Å². The van der Waals surface area contributed by atoms with E-state index in [0.29, 0.717) is 45.5 Å². The maximum Gasteiger partial charge on any atom is 0.337 e. The molecule has 0 aliphatic heterocycles. The molecular formula is C26H21N5O4S. The van der Waals surface area contributed by atoms with Gasteiger partial charge in [0.1, 0.15) is 5.52 Å². The van der Waals surface area contributed by atoms with E-state index >= 15 is 0 Å². The fourth-order valence-electron chi connectivity index (χ4n) is 3.87. The van der Waals surface area contributed by atoms with Gasteiger partial charge in [0.15, 0.2) is 5.16 Å². The summed E-state index contributed by atoms with van der Waals surface area (Å²) < 4.78 is 7.64. The predicted molar refractivity (Wildman–Crippen MR) is 137 cm³/mol. The van der Waals surface area contributed by atoms with Crippen molar-refractivity contribution >= 4 is 39.5 Å². The topological polar surface area (TPSA) is 109 Å². The van der Waals surface area contributed by atoms with Gasteiger partial charge in [-0.15, -0.1) is 5.10 Å². The number of fused-ring (bicyclic) bond motifs is 2. The van der Waals surface area contributed by atoms with Gasteiger partial charge in [0.05, 0.1) is 34.8 Å². The second kappa shape index (κ2) is 10.1. The molecule has 180 valence electrons. The number of methoxy groups -OCH3 is 1. The summed E-state index contributed by atoms with van der Waals surface area (Å²) in [5.74, 6) is -0.407. The van der Waals surface area contributed by atoms with Crippen molar-refractivity contribution in [1.29, 1.82) is 0 Å². The Labute approximate surface area is 209 Å². The van der Waals surface area contributed by atoms with Crippen LogP contribution in [-0.2, 0) is 23.6 Å². The summed E-state index contributed by atoms with van der Waals surface area (Å²) in [5.41, 5.74) is 1.76. The molecule has 0 N–H and O–H groups in total. The van der Waals surface area contributed by atoms with Crippen molar-refractivity contribution < 1.29 is 9.53 Å². The van der Waals surface area contributed by atoms with Crippen molar-refractivity contribution in [3.63, 3.8) is 0 Å². The first-order valence-electron chi connectivity index (χ1n) is 11.2. The van der Waals surface area contributed by atoms with Gasteiger partial charge in [-0.3, -0.25) is 14.2 Å². The normalized spacial score (nSPS) is 11.1. The van der Waals surface area contributed by atoms with Crippen LogP contribution >= 0.6 is 11.8 Å². The first kappa shape index (κ1) is 23.4. The van der Waals surface area contributed by atoms with Crippen LogP contribution in [0.25, 0.3) is 21.8 Å². The van der Waals surface area contributed by atoms with Crippen LogP contribution in [0.15, 0.2) is 87.5 Å². The van der Waals surface area contributed by atoms with Crippen LogP contribution < -0.4 is 11.1 Å². The highest BCUT2D eigenvalue weighted by molar-refractivity contribution is 7.98. The number of ether oxygens (including phenoxy) is 1. The zero-order chi connectivity index (χ0) is 25.1. The minimum Gasteiger partial charge on any atom is -0.465 e. The molecule has 0 spiro atoms. The predicted octanol–water partition coefficient (Wildman–Crippen LogP) is 3.28. The molecule has 3 aromatic carbocycles. The molecule has 5 aromatic rings. The number of aryl methyl sites for hydroxylation is 1. The molecule has 0 fully saturated rings. The molecule has 0 atom stereocenters. The first-order chi connectivity index (χ1) is 17.5. The van der Waals surface area contributed by atoms with E-state index in [1.807, 2.05) is 30.3 Å². The average molecular weight is 500 g/mol. The molecule has 0 saturated carbocycles. The zero-order valence-electron chi connectivity index (χ0n) is 19.3. The lowest BCUT2D eigenvalue weighted by molar-refractivity contribution is 0.0601. The smallest absolute Gasteiger partial charge is 0.337 e. The van der Waals surface area contributed by atoms with Crippen LogP contribution in [0, 0.1) is 0 Å². The molecule has 0 aliphatic carbocycles. The van der Waals surface area contributed by atoms with Crippen LogP contribution in [0.3, 0.4) is 0 Å². The van der Waals surface area contributed by atoms with Crippen molar-refractivity contribution in [2.45, 2.75) is 24.0 Å². The number of carbonyl (C=O) groups is 1. The molecule has 2 aromatic heterocycles. The highest BCUT2D eigenvalue weighted by atomic mass is 32.2. The largest absolute Gasteiger partial charge is 0.465 e. The van der Waals surface area contributed by atoms with E-state index in [1.165, 1.54) is 29.6 Å². The number of aromatic nitrogens is 5. The Morgan fingerprint density at radius 3 is 2.47 bits per heavy atom. The molecule has 0 aliphatic rings. The number of benzene rings is 3.